The van der Waals surface area contributed by atoms with Crippen molar-refractivity contribution in [3.05, 3.63) is 83.9 Å². The maximum absolute atomic E-state index is 12.0. The lowest BCUT2D eigenvalue weighted by Gasteiger charge is -2.08. The topological polar surface area (TPSA) is 94.1 Å². The van der Waals surface area contributed by atoms with Crippen molar-refractivity contribution in [3.8, 4) is 23.0 Å². The Morgan fingerprint density at radius 2 is 1.62 bits per heavy atom. The van der Waals surface area contributed by atoms with Gasteiger partial charge in [0.1, 0.15) is 11.5 Å². The quantitative estimate of drug-likeness (QED) is 0.395. The number of hydrogen-bond donors (Lipinski definition) is 2. The number of nitrogens with one attached hydrogen (secondary N) is 1. The molecule has 1 amide bonds. The van der Waals surface area contributed by atoms with Gasteiger partial charge in [-0.15, -0.1) is 0 Å². The number of anilines is 1. The van der Waals surface area contributed by atoms with Crippen molar-refractivity contribution in [2.45, 2.75) is 6.92 Å². The molecule has 0 aliphatic rings. The number of ether oxygens (including phenoxy) is 3. The molecular weight excluding hydrogens is 410 g/mol. The van der Waals surface area contributed by atoms with Crippen LogP contribution in [0.5, 0.6) is 23.0 Å². The van der Waals surface area contributed by atoms with E-state index in [9.17, 15) is 14.7 Å². The number of rotatable bonds is 8. The molecule has 3 aromatic rings. The third-order valence-electron chi connectivity index (χ3n) is 4.36. The minimum atomic E-state index is -0.672. The van der Waals surface area contributed by atoms with Crippen LogP contribution in [-0.4, -0.2) is 30.7 Å². The fraction of sp³-hybridized carbons (Fsp3) is 0.120. The number of amides is 1. The zero-order valence-electron chi connectivity index (χ0n) is 17.7. The summed E-state index contributed by atoms with van der Waals surface area (Å²) in [4.78, 5) is 23.9. The van der Waals surface area contributed by atoms with Crippen molar-refractivity contribution in [1.29, 1.82) is 0 Å². The lowest BCUT2D eigenvalue weighted by molar-refractivity contribution is -0.142. The molecule has 0 aliphatic carbocycles. The first-order valence-electron chi connectivity index (χ1n) is 9.79. The number of carbonyl (C=O) groups is 2. The zero-order valence-corrected chi connectivity index (χ0v) is 17.7. The summed E-state index contributed by atoms with van der Waals surface area (Å²) in [6.07, 6.45) is 2.69. The molecule has 0 bridgehead atoms. The maximum atomic E-state index is 12.0. The summed E-state index contributed by atoms with van der Waals surface area (Å²) in [5.41, 5.74) is 2.33. The van der Waals surface area contributed by atoms with Gasteiger partial charge in [-0.25, -0.2) is 4.79 Å². The summed E-state index contributed by atoms with van der Waals surface area (Å²) in [6, 6.07) is 19.2. The van der Waals surface area contributed by atoms with Gasteiger partial charge in [-0.3, -0.25) is 4.79 Å². The molecule has 32 heavy (non-hydrogen) atoms. The van der Waals surface area contributed by atoms with Crippen molar-refractivity contribution in [2.75, 3.05) is 19.0 Å². The Hall–Kier alpha value is -4.26. The van der Waals surface area contributed by atoms with Crippen LogP contribution in [-0.2, 0) is 14.3 Å². The molecule has 0 heterocycles. The molecule has 0 aromatic heterocycles. The van der Waals surface area contributed by atoms with Crippen LogP contribution in [0.4, 0.5) is 5.69 Å². The molecule has 2 N–H and O–H groups in total. The van der Waals surface area contributed by atoms with Gasteiger partial charge in [0.2, 0.25) is 0 Å². The summed E-state index contributed by atoms with van der Waals surface area (Å²) in [7, 11) is 1.43. The SMILES string of the molecule is COc1cc(/C=C/C(=O)OCC(=O)Nc2ccc(Oc3ccc(C)cc3)cc2)ccc1O. The Morgan fingerprint density at radius 1 is 0.969 bits per heavy atom. The molecule has 7 heteroatoms. The Morgan fingerprint density at radius 3 is 2.28 bits per heavy atom. The number of aryl methyl sites for hydroxylation is 1. The van der Waals surface area contributed by atoms with Gasteiger partial charge in [0.05, 0.1) is 7.11 Å². The highest BCUT2D eigenvalue weighted by molar-refractivity contribution is 5.94. The third-order valence-corrected chi connectivity index (χ3v) is 4.36. The monoisotopic (exact) mass is 433 g/mol. The summed E-state index contributed by atoms with van der Waals surface area (Å²) in [6.45, 7) is 1.58. The van der Waals surface area contributed by atoms with Gasteiger partial charge in [-0.05, 0) is 67.1 Å². The lowest BCUT2D eigenvalue weighted by atomic mass is 10.2. The second-order valence-corrected chi connectivity index (χ2v) is 6.86. The van der Waals surface area contributed by atoms with Crippen molar-refractivity contribution >= 4 is 23.6 Å². The van der Waals surface area contributed by atoms with Crippen molar-refractivity contribution in [3.63, 3.8) is 0 Å². The van der Waals surface area contributed by atoms with Gasteiger partial charge in [0.25, 0.3) is 5.91 Å². The fourth-order valence-electron chi connectivity index (χ4n) is 2.69. The van der Waals surface area contributed by atoms with E-state index in [1.54, 1.807) is 36.4 Å². The van der Waals surface area contributed by atoms with Gasteiger partial charge in [-0.2, -0.15) is 0 Å². The van der Waals surface area contributed by atoms with Crippen LogP contribution < -0.4 is 14.8 Å². The maximum Gasteiger partial charge on any atom is 0.331 e. The van der Waals surface area contributed by atoms with E-state index < -0.39 is 18.5 Å². The predicted molar refractivity (Wildman–Crippen MR) is 121 cm³/mol. The molecule has 3 aromatic carbocycles. The summed E-state index contributed by atoms with van der Waals surface area (Å²) in [5.74, 6) is 0.500. The fourth-order valence-corrected chi connectivity index (χ4v) is 2.69. The van der Waals surface area contributed by atoms with Gasteiger partial charge >= 0.3 is 5.97 Å². The Balaban J connectivity index is 1.46. The van der Waals surface area contributed by atoms with E-state index in [4.69, 9.17) is 14.2 Å². The summed E-state index contributed by atoms with van der Waals surface area (Å²) >= 11 is 0. The third kappa shape index (κ3) is 6.63. The first-order chi connectivity index (χ1) is 15.4. The summed E-state index contributed by atoms with van der Waals surface area (Å²) in [5, 5.41) is 12.2. The predicted octanol–water partition coefficient (Wildman–Crippen LogP) is 4.70. The molecule has 164 valence electrons. The second-order valence-electron chi connectivity index (χ2n) is 6.86. The van der Waals surface area contributed by atoms with E-state index in [0.717, 1.165) is 11.3 Å². The van der Waals surface area contributed by atoms with Crippen LogP contribution in [0.2, 0.25) is 0 Å². The number of benzene rings is 3. The standard InChI is InChI=1S/C25H23NO6/c1-17-3-9-20(10-4-17)32-21-11-7-19(8-12-21)26-24(28)16-31-25(29)14-6-18-5-13-22(27)23(15-18)30-2/h3-15,27H,16H2,1-2H3,(H,26,28)/b14-6+. The Bertz CT molecular complexity index is 1100. The number of esters is 1. The van der Waals surface area contributed by atoms with Crippen LogP contribution in [0, 0.1) is 6.92 Å². The van der Waals surface area contributed by atoms with Crippen LogP contribution in [0.15, 0.2) is 72.8 Å². The van der Waals surface area contributed by atoms with Crippen molar-refractivity contribution in [1.82, 2.24) is 0 Å². The van der Waals surface area contributed by atoms with E-state index in [0.29, 0.717) is 17.0 Å². The first-order valence-corrected chi connectivity index (χ1v) is 9.79. The summed E-state index contributed by atoms with van der Waals surface area (Å²) < 4.78 is 15.7. The molecule has 0 atom stereocenters. The van der Waals surface area contributed by atoms with Gasteiger partial charge < -0.3 is 24.6 Å². The van der Waals surface area contributed by atoms with Crippen LogP contribution in [0.25, 0.3) is 6.08 Å². The molecule has 0 fully saturated rings. The van der Waals surface area contributed by atoms with Gasteiger partial charge in [0, 0.05) is 11.8 Å². The van der Waals surface area contributed by atoms with E-state index in [1.165, 1.54) is 25.3 Å². The van der Waals surface area contributed by atoms with Gasteiger partial charge in [-0.1, -0.05) is 23.8 Å². The second kappa shape index (κ2) is 10.7. The molecule has 0 aliphatic heterocycles. The molecule has 3 rings (SSSR count). The largest absolute Gasteiger partial charge is 0.504 e. The molecule has 7 nitrogen and oxygen atoms in total. The molecule has 0 saturated heterocycles. The highest BCUT2D eigenvalue weighted by Crippen LogP contribution is 2.27. The van der Waals surface area contributed by atoms with E-state index in [-0.39, 0.29) is 11.5 Å². The Labute approximate surface area is 185 Å². The average molecular weight is 433 g/mol. The van der Waals surface area contributed by atoms with E-state index >= 15 is 0 Å². The molecule has 0 radical (unpaired) electrons. The first kappa shape index (κ1) is 22.4. The normalized spacial score (nSPS) is 10.6. The van der Waals surface area contributed by atoms with E-state index in [1.807, 2.05) is 31.2 Å². The van der Waals surface area contributed by atoms with Crippen LogP contribution in [0.3, 0.4) is 0 Å². The number of hydrogen-bond acceptors (Lipinski definition) is 6. The van der Waals surface area contributed by atoms with Crippen LogP contribution >= 0.6 is 0 Å². The molecule has 0 saturated carbocycles. The van der Waals surface area contributed by atoms with Crippen LogP contribution in [0.1, 0.15) is 11.1 Å². The van der Waals surface area contributed by atoms with E-state index in [2.05, 4.69) is 5.32 Å². The number of aromatic hydroxyl groups is 1. The zero-order chi connectivity index (χ0) is 22.9. The average Bonchev–Trinajstić information content (AvgIpc) is 2.80. The van der Waals surface area contributed by atoms with Crippen molar-refractivity contribution in [2.24, 2.45) is 0 Å². The highest BCUT2D eigenvalue weighted by Gasteiger charge is 2.07. The number of phenols is 1. The van der Waals surface area contributed by atoms with Gasteiger partial charge in [0.15, 0.2) is 18.1 Å². The molecular formula is C25H23NO6. The smallest absolute Gasteiger partial charge is 0.331 e. The molecule has 0 spiro atoms. The molecule has 0 unspecified atom stereocenters. The number of carbonyl (C=O) groups excluding carboxylic acids is 2. The number of phenolic OH excluding ortho intramolecular Hbond substituents is 1. The Kier molecular flexibility index (Phi) is 7.48. The highest BCUT2D eigenvalue weighted by atomic mass is 16.5. The number of methoxy groups -OCH3 is 1. The van der Waals surface area contributed by atoms with Crippen molar-refractivity contribution < 1.29 is 28.9 Å². The minimum absolute atomic E-state index is 0.00126. The minimum Gasteiger partial charge on any atom is -0.504 e. The lowest BCUT2D eigenvalue weighted by Crippen LogP contribution is -2.20.